The van der Waals surface area contributed by atoms with Gasteiger partial charge in [-0.1, -0.05) is 6.92 Å². The van der Waals surface area contributed by atoms with Crippen LogP contribution in [0.3, 0.4) is 0 Å². The molecule has 0 spiro atoms. The summed E-state index contributed by atoms with van der Waals surface area (Å²) in [5, 5.41) is 3.20. The Labute approximate surface area is 110 Å². The Morgan fingerprint density at radius 3 is 2.67 bits per heavy atom. The second-order valence-corrected chi connectivity index (χ2v) is 6.33. The lowest BCUT2D eigenvalue weighted by molar-refractivity contribution is -0.126. The summed E-state index contributed by atoms with van der Waals surface area (Å²) in [6.45, 7) is 5.80. The Balaban J connectivity index is 2.09. The number of likely N-dealkylation sites (tertiary alicyclic amines) is 1. The zero-order chi connectivity index (χ0) is 13.3. The summed E-state index contributed by atoms with van der Waals surface area (Å²) in [5.74, 6) is 0.592. The molecular weight excluding hydrogens is 226 g/mol. The van der Waals surface area contributed by atoms with Crippen LogP contribution in [-0.2, 0) is 4.79 Å². The first kappa shape index (κ1) is 13.8. The monoisotopic (exact) mass is 253 g/mol. The number of hydrogen-bond acceptors (Lipinski definition) is 3. The minimum atomic E-state index is -0.478. The van der Waals surface area contributed by atoms with Gasteiger partial charge in [-0.3, -0.25) is 9.69 Å². The summed E-state index contributed by atoms with van der Waals surface area (Å²) in [7, 11) is 1.86. The van der Waals surface area contributed by atoms with Crippen molar-refractivity contribution in [3.05, 3.63) is 0 Å². The molecule has 2 rings (SSSR count). The third-order valence-corrected chi connectivity index (χ3v) is 4.98. The highest BCUT2D eigenvalue weighted by Crippen LogP contribution is 2.35. The Kier molecular flexibility index (Phi) is 3.97. The van der Waals surface area contributed by atoms with E-state index in [2.05, 4.69) is 24.1 Å². The highest BCUT2D eigenvalue weighted by molar-refractivity contribution is 5.84. The van der Waals surface area contributed by atoms with Crippen LogP contribution >= 0.6 is 0 Å². The molecule has 0 aromatic carbocycles. The van der Waals surface area contributed by atoms with Crippen LogP contribution in [0.5, 0.6) is 0 Å². The van der Waals surface area contributed by atoms with Crippen LogP contribution in [0.2, 0.25) is 0 Å². The van der Waals surface area contributed by atoms with Crippen molar-refractivity contribution >= 4 is 5.91 Å². The van der Waals surface area contributed by atoms with E-state index in [0.717, 1.165) is 25.2 Å². The number of primary amides is 1. The number of nitrogens with one attached hydrogen (secondary N) is 1. The average Bonchev–Trinajstić information content (AvgIpc) is 2.68. The van der Waals surface area contributed by atoms with Gasteiger partial charge in [-0.15, -0.1) is 0 Å². The van der Waals surface area contributed by atoms with E-state index in [9.17, 15) is 4.79 Å². The molecule has 2 aliphatic rings. The Morgan fingerprint density at radius 1 is 1.44 bits per heavy atom. The molecule has 4 heteroatoms. The second kappa shape index (κ2) is 5.17. The van der Waals surface area contributed by atoms with Crippen LogP contribution in [0.1, 0.15) is 46.0 Å². The molecule has 1 saturated heterocycles. The van der Waals surface area contributed by atoms with Crippen molar-refractivity contribution < 1.29 is 4.79 Å². The van der Waals surface area contributed by atoms with Gasteiger partial charge in [0.2, 0.25) is 5.91 Å². The number of carbonyl (C=O) groups is 1. The van der Waals surface area contributed by atoms with E-state index in [-0.39, 0.29) is 5.91 Å². The predicted octanol–water partition coefficient (Wildman–Crippen LogP) is 1.10. The molecule has 4 unspecified atom stereocenters. The van der Waals surface area contributed by atoms with Crippen LogP contribution in [0.15, 0.2) is 0 Å². The number of nitrogens with zero attached hydrogens (tertiary/aromatic N) is 1. The van der Waals surface area contributed by atoms with E-state index in [1.807, 2.05) is 7.05 Å². The number of hydrogen-bond donors (Lipinski definition) is 2. The maximum Gasteiger partial charge on any atom is 0.237 e. The molecule has 18 heavy (non-hydrogen) atoms. The van der Waals surface area contributed by atoms with Crippen LogP contribution in [0.25, 0.3) is 0 Å². The maximum absolute atomic E-state index is 11.8. The number of nitrogens with two attached hydrogens (primary N) is 1. The van der Waals surface area contributed by atoms with Gasteiger partial charge in [0.15, 0.2) is 0 Å². The summed E-state index contributed by atoms with van der Waals surface area (Å²) in [6.07, 6.45) is 5.32. The quantitative estimate of drug-likeness (QED) is 0.792. The molecule has 3 N–H and O–H groups in total. The van der Waals surface area contributed by atoms with Crippen molar-refractivity contribution in [3.8, 4) is 0 Å². The normalized spacial score (nSPS) is 42.1. The summed E-state index contributed by atoms with van der Waals surface area (Å²) in [5.41, 5.74) is 5.14. The molecule has 4 nitrogen and oxygen atoms in total. The fraction of sp³-hybridized carbons (Fsp3) is 0.929. The van der Waals surface area contributed by atoms with Crippen LogP contribution in [0, 0.1) is 5.92 Å². The summed E-state index contributed by atoms with van der Waals surface area (Å²) in [4.78, 5) is 14.4. The average molecular weight is 253 g/mol. The predicted molar refractivity (Wildman–Crippen MR) is 73.2 cm³/mol. The Bertz CT molecular complexity index is 320. The Morgan fingerprint density at radius 2 is 2.17 bits per heavy atom. The largest absolute Gasteiger partial charge is 0.368 e. The molecule has 1 saturated carbocycles. The number of rotatable bonds is 3. The van der Waals surface area contributed by atoms with E-state index in [4.69, 9.17) is 5.73 Å². The topological polar surface area (TPSA) is 58.4 Å². The fourth-order valence-electron chi connectivity index (χ4n) is 3.94. The minimum absolute atomic E-state index is 0.186. The van der Waals surface area contributed by atoms with Gasteiger partial charge in [-0.05, 0) is 52.0 Å². The molecule has 1 heterocycles. The molecule has 0 aromatic rings. The van der Waals surface area contributed by atoms with E-state index < -0.39 is 5.54 Å². The summed E-state index contributed by atoms with van der Waals surface area (Å²) >= 11 is 0. The molecule has 0 radical (unpaired) electrons. The van der Waals surface area contributed by atoms with Gasteiger partial charge in [0.25, 0.3) is 0 Å². The fourth-order valence-corrected chi connectivity index (χ4v) is 3.94. The van der Waals surface area contributed by atoms with E-state index in [1.165, 1.54) is 19.4 Å². The molecule has 4 atom stereocenters. The van der Waals surface area contributed by atoms with Gasteiger partial charge in [0.1, 0.15) is 0 Å². The molecule has 0 aromatic heterocycles. The van der Waals surface area contributed by atoms with Crippen LogP contribution in [0.4, 0.5) is 0 Å². The lowest BCUT2D eigenvalue weighted by atomic mass is 9.77. The number of carbonyl (C=O) groups excluding carboxylic acids is 1. The second-order valence-electron chi connectivity index (χ2n) is 6.33. The van der Waals surface area contributed by atoms with Crippen molar-refractivity contribution in [2.45, 2.75) is 63.6 Å². The number of likely N-dealkylation sites (N-methyl/N-ethyl adjacent to an activating group) is 1. The summed E-state index contributed by atoms with van der Waals surface area (Å²) < 4.78 is 0. The van der Waals surface area contributed by atoms with Crippen molar-refractivity contribution in [1.29, 1.82) is 0 Å². The molecule has 2 fully saturated rings. The first-order valence-corrected chi connectivity index (χ1v) is 7.23. The van der Waals surface area contributed by atoms with E-state index in [1.54, 1.807) is 0 Å². The zero-order valence-corrected chi connectivity index (χ0v) is 11.9. The smallest absolute Gasteiger partial charge is 0.237 e. The van der Waals surface area contributed by atoms with Gasteiger partial charge >= 0.3 is 0 Å². The van der Waals surface area contributed by atoms with E-state index >= 15 is 0 Å². The Hall–Kier alpha value is -0.610. The highest BCUT2D eigenvalue weighted by Gasteiger charge is 2.43. The number of amides is 1. The lowest BCUT2D eigenvalue weighted by Gasteiger charge is -2.43. The highest BCUT2D eigenvalue weighted by atomic mass is 16.1. The SMILES string of the molecule is CNC1(C(N)=O)CCCC(N2CC(C)CC2C)C1. The third kappa shape index (κ3) is 2.41. The van der Waals surface area contributed by atoms with Gasteiger partial charge in [0, 0.05) is 18.6 Å². The van der Waals surface area contributed by atoms with Gasteiger partial charge in [-0.25, -0.2) is 0 Å². The van der Waals surface area contributed by atoms with Crippen molar-refractivity contribution in [2.75, 3.05) is 13.6 Å². The zero-order valence-electron chi connectivity index (χ0n) is 11.9. The molecule has 104 valence electrons. The third-order valence-electron chi connectivity index (χ3n) is 4.98. The van der Waals surface area contributed by atoms with Crippen molar-refractivity contribution in [3.63, 3.8) is 0 Å². The van der Waals surface area contributed by atoms with Gasteiger partial charge in [0.05, 0.1) is 5.54 Å². The maximum atomic E-state index is 11.8. The van der Waals surface area contributed by atoms with Crippen LogP contribution in [-0.4, -0.2) is 42.0 Å². The lowest BCUT2D eigenvalue weighted by Crippen LogP contribution is -2.59. The summed E-state index contributed by atoms with van der Waals surface area (Å²) in [6, 6.07) is 1.16. The molecule has 1 aliphatic heterocycles. The van der Waals surface area contributed by atoms with Gasteiger partial charge < -0.3 is 11.1 Å². The van der Waals surface area contributed by atoms with Crippen molar-refractivity contribution in [1.82, 2.24) is 10.2 Å². The first-order valence-electron chi connectivity index (χ1n) is 7.23. The first-order chi connectivity index (χ1) is 8.48. The van der Waals surface area contributed by atoms with Gasteiger partial charge in [-0.2, -0.15) is 0 Å². The van der Waals surface area contributed by atoms with Crippen LogP contribution < -0.4 is 11.1 Å². The van der Waals surface area contributed by atoms with Crippen molar-refractivity contribution in [2.24, 2.45) is 11.7 Å². The molecule has 1 amide bonds. The molecular formula is C14H27N3O. The standard InChI is InChI=1S/C14H27N3O/c1-10-7-11(2)17(9-10)12-5-4-6-14(8-12,16-3)13(15)18/h10-12,16H,4-9H2,1-3H3,(H2,15,18). The van der Waals surface area contributed by atoms with E-state index in [0.29, 0.717) is 12.1 Å². The minimum Gasteiger partial charge on any atom is -0.368 e. The molecule has 1 aliphatic carbocycles. The molecule has 0 bridgehead atoms.